The van der Waals surface area contributed by atoms with Gasteiger partial charge < -0.3 is 19.2 Å². The smallest absolute Gasteiger partial charge is 0.220 e. The quantitative estimate of drug-likeness (QED) is 0.922. The fourth-order valence-electron chi connectivity index (χ4n) is 2.42. The van der Waals surface area contributed by atoms with Crippen LogP contribution in [0.4, 0.5) is 0 Å². The number of carbonyl (C=O) groups excluding carboxylic acids is 1. The first-order valence-electron chi connectivity index (χ1n) is 7.43. The second-order valence-electron chi connectivity index (χ2n) is 5.27. The average molecular weight is 301 g/mol. The third-order valence-corrected chi connectivity index (χ3v) is 3.62. The Labute approximate surface area is 129 Å². The lowest BCUT2D eigenvalue weighted by atomic mass is 10.1. The van der Waals surface area contributed by atoms with E-state index in [2.05, 4.69) is 5.32 Å². The molecule has 0 spiro atoms. The van der Waals surface area contributed by atoms with Gasteiger partial charge in [-0.2, -0.15) is 0 Å². The summed E-state index contributed by atoms with van der Waals surface area (Å²) in [5.41, 5.74) is 0.996. The van der Waals surface area contributed by atoms with E-state index in [4.69, 9.17) is 13.9 Å². The fourth-order valence-corrected chi connectivity index (χ4v) is 2.42. The molecule has 5 heteroatoms. The Hall–Kier alpha value is -2.43. The number of amides is 1. The first-order valence-corrected chi connectivity index (χ1v) is 7.43. The topological polar surface area (TPSA) is 60.7 Å². The lowest BCUT2D eigenvalue weighted by molar-refractivity contribution is -0.121. The van der Waals surface area contributed by atoms with Gasteiger partial charge in [0.2, 0.25) is 5.91 Å². The van der Waals surface area contributed by atoms with Gasteiger partial charge in [0.15, 0.2) is 11.5 Å². The van der Waals surface area contributed by atoms with Gasteiger partial charge in [-0.25, -0.2) is 0 Å². The van der Waals surface area contributed by atoms with Crippen molar-refractivity contribution in [3.8, 4) is 11.5 Å². The number of hydrogen-bond donors (Lipinski definition) is 1. The Morgan fingerprint density at radius 2 is 2.05 bits per heavy atom. The van der Waals surface area contributed by atoms with Crippen LogP contribution in [0.1, 0.15) is 30.7 Å². The van der Waals surface area contributed by atoms with E-state index < -0.39 is 0 Å². The predicted molar refractivity (Wildman–Crippen MR) is 81.0 cm³/mol. The monoisotopic (exact) mass is 301 g/mol. The van der Waals surface area contributed by atoms with Crippen molar-refractivity contribution in [1.29, 1.82) is 0 Å². The molecular formula is C17H19NO4. The molecule has 1 aliphatic rings. The standard InChI is InChI=1S/C17H19NO4/c1-12(18-17(19)7-5-14-3-2-8-20-14)13-4-6-15-16(11-13)22-10-9-21-15/h2-4,6,8,11-12H,5,7,9-10H2,1H3,(H,18,19). The Balaban J connectivity index is 1.56. The van der Waals surface area contributed by atoms with Crippen molar-refractivity contribution in [1.82, 2.24) is 5.32 Å². The molecule has 0 fully saturated rings. The molecule has 1 aliphatic heterocycles. The van der Waals surface area contributed by atoms with Gasteiger partial charge in [-0.3, -0.25) is 4.79 Å². The van der Waals surface area contributed by atoms with Crippen LogP contribution in [0.2, 0.25) is 0 Å². The maximum Gasteiger partial charge on any atom is 0.220 e. The van der Waals surface area contributed by atoms with Crippen LogP contribution in [-0.4, -0.2) is 19.1 Å². The molecule has 1 amide bonds. The molecule has 116 valence electrons. The summed E-state index contributed by atoms with van der Waals surface area (Å²) in [7, 11) is 0. The normalized spacial score (nSPS) is 14.4. The van der Waals surface area contributed by atoms with E-state index in [1.807, 2.05) is 37.3 Å². The van der Waals surface area contributed by atoms with E-state index in [1.165, 1.54) is 0 Å². The Bertz CT molecular complexity index is 636. The molecule has 5 nitrogen and oxygen atoms in total. The van der Waals surface area contributed by atoms with Gasteiger partial charge in [0.05, 0.1) is 12.3 Å². The Kier molecular flexibility index (Phi) is 4.32. The molecule has 2 heterocycles. The van der Waals surface area contributed by atoms with E-state index in [-0.39, 0.29) is 11.9 Å². The van der Waals surface area contributed by atoms with Crippen molar-refractivity contribution < 1.29 is 18.7 Å². The van der Waals surface area contributed by atoms with Crippen molar-refractivity contribution in [2.75, 3.05) is 13.2 Å². The number of nitrogens with one attached hydrogen (secondary N) is 1. The zero-order valence-electron chi connectivity index (χ0n) is 12.5. The summed E-state index contributed by atoms with van der Waals surface area (Å²) in [5, 5.41) is 2.99. The molecule has 0 saturated carbocycles. The summed E-state index contributed by atoms with van der Waals surface area (Å²) in [4.78, 5) is 12.0. The van der Waals surface area contributed by atoms with Gasteiger partial charge in [-0.15, -0.1) is 0 Å². The largest absolute Gasteiger partial charge is 0.486 e. The van der Waals surface area contributed by atoms with E-state index in [0.717, 1.165) is 22.8 Å². The van der Waals surface area contributed by atoms with E-state index in [9.17, 15) is 4.79 Å². The second kappa shape index (κ2) is 6.56. The summed E-state index contributed by atoms with van der Waals surface area (Å²) in [6, 6.07) is 9.37. The van der Waals surface area contributed by atoms with Crippen LogP contribution in [0.25, 0.3) is 0 Å². The van der Waals surface area contributed by atoms with Crippen LogP contribution in [0.5, 0.6) is 11.5 Å². The second-order valence-corrected chi connectivity index (χ2v) is 5.27. The van der Waals surface area contributed by atoms with E-state index in [0.29, 0.717) is 26.1 Å². The van der Waals surface area contributed by atoms with Gasteiger partial charge in [0, 0.05) is 12.8 Å². The molecule has 1 aromatic heterocycles. The van der Waals surface area contributed by atoms with Crippen LogP contribution >= 0.6 is 0 Å². The molecule has 1 atom stereocenters. The number of rotatable bonds is 5. The van der Waals surface area contributed by atoms with Gasteiger partial charge >= 0.3 is 0 Å². The average Bonchev–Trinajstić information content (AvgIpc) is 3.06. The number of carbonyl (C=O) groups is 1. The third kappa shape index (κ3) is 3.42. The number of ether oxygens (including phenoxy) is 2. The summed E-state index contributed by atoms with van der Waals surface area (Å²) >= 11 is 0. The van der Waals surface area contributed by atoms with Gasteiger partial charge in [0.1, 0.15) is 19.0 Å². The highest BCUT2D eigenvalue weighted by Crippen LogP contribution is 2.32. The number of hydrogen-bond acceptors (Lipinski definition) is 4. The molecule has 0 aliphatic carbocycles. The number of benzene rings is 1. The molecule has 1 N–H and O–H groups in total. The summed E-state index contributed by atoms with van der Waals surface area (Å²) < 4.78 is 16.3. The number of furan rings is 1. The van der Waals surface area contributed by atoms with Gasteiger partial charge in [-0.05, 0) is 36.8 Å². The lowest BCUT2D eigenvalue weighted by Crippen LogP contribution is -2.27. The van der Waals surface area contributed by atoms with E-state index >= 15 is 0 Å². The Morgan fingerprint density at radius 3 is 2.82 bits per heavy atom. The maximum atomic E-state index is 12.0. The lowest BCUT2D eigenvalue weighted by Gasteiger charge is -2.21. The van der Waals surface area contributed by atoms with Crippen LogP contribution in [0.3, 0.4) is 0 Å². The molecule has 0 bridgehead atoms. The van der Waals surface area contributed by atoms with Crippen LogP contribution in [0.15, 0.2) is 41.0 Å². The highest BCUT2D eigenvalue weighted by molar-refractivity contribution is 5.76. The van der Waals surface area contributed by atoms with Gasteiger partial charge in [-0.1, -0.05) is 6.07 Å². The minimum absolute atomic E-state index is 0.00112. The van der Waals surface area contributed by atoms with Crippen molar-refractivity contribution in [2.45, 2.75) is 25.8 Å². The SMILES string of the molecule is CC(NC(=O)CCc1ccco1)c1ccc2c(c1)OCCO2. The molecule has 0 radical (unpaired) electrons. The summed E-state index contributed by atoms with van der Waals surface area (Å²) in [5.74, 6) is 2.31. The number of fused-ring (bicyclic) bond motifs is 1. The van der Waals surface area contributed by atoms with E-state index in [1.54, 1.807) is 6.26 Å². The molecular weight excluding hydrogens is 282 g/mol. The summed E-state index contributed by atoms with van der Waals surface area (Å²) in [6.45, 7) is 3.09. The molecule has 22 heavy (non-hydrogen) atoms. The van der Waals surface area contributed by atoms with Crippen LogP contribution in [-0.2, 0) is 11.2 Å². The molecule has 1 aromatic carbocycles. The molecule has 2 aromatic rings. The molecule has 3 rings (SSSR count). The van der Waals surface area contributed by atoms with Gasteiger partial charge in [0.25, 0.3) is 0 Å². The van der Waals surface area contributed by atoms with Crippen LogP contribution < -0.4 is 14.8 Å². The zero-order valence-corrected chi connectivity index (χ0v) is 12.5. The first-order chi connectivity index (χ1) is 10.7. The fraction of sp³-hybridized carbons (Fsp3) is 0.353. The molecule has 1 unspecified atom stereocenters. The summed E-state index contributed by atoms with van der Waals surface area (Å²) in [6.07, 6.45) is 2.63. The minimum Gasteiger partial charge on any atom is -0.486 e. The predicted octanol–water partition coefficient (Wildman–Crippen LogP) is 2.86. The van der Waals surface area contributed by atoms with Crippen molar-refractivity contribution >= 4 is 5.91 Å². The first kappa shape index (κ1) is 14.5. The van der Waals surface area contributed by atoms with Crippen molar-refractivity contribution in [3.63, 3.8) is 0 Å². The van der Waals surface area contributed by atoms with Crippen LogP contribution in [0, 0.1) is 0 Å². The van der Waals surface area contributed by atoms with Crippen molar-refractivity contribution in [2.24, 2.45) is 0 Å². The highest BCUT2D eigenvalue weighted by atomic mass is 16.6. The zero-order chi connectivity index (χ0) is 15.4. The highest BCUT2D eigenvalue weighted by Gasteiger charge is 2.15. The Morgan fingerprint density at radius 1 is 1.23 bits per heavy atom. The minimum atomic E-state index is -0.0834. The third-order valence-electron chi connectivity index (χ3n) is 3.62. The van der Waals surface area contributed by atoms with Crippen molar-refractivity contribution in [3.05, 3.63) is 47.9 Å². The maximum absolute atomic E-state index is 12.0. The number of aryl methyl sites for hydroxylation is 1. The molecule has 0 saturated heterocycles.